The largest absolute Gasteiger partial charge is 0.477 e. The summed E-state index contributed by atoms with van der Waals surface area (Å²) in [5, 5.41) is 12.5. The molecule has 0 amide bonds. The second-order valence-electron chi connectivity index (χ2n) is 5.13. The van der Waals surface area contributed by atoms with Crippen LogP contribution in [0, 0.1) is 0 Å². The maximum absolute atomic E-state index is 11.2. The normalized spacial score (nSPS) is 15.0. The van der Waals surface area contributed by atoms with E-state index in [0.29, 0.717) is 23.2 Å². The SMILES string of the molecule is O=C(O)c1cc(NC2CCCC2)nc(-c2cccnc2)n1. The molecule has 0 unspecified atom stereocenters. The van der Waals surface area contributed by atoms with Gasteiger partial charge in [-0.2, -0.15) is 0 Å². The van der Waals surface area contributed by atoms with Gasteiger partial charge in [0.2, 0.25) is 0 Å². The first kappa shape index (κ1) is 13.5. The molecule has 1 saturated carbocycles. The number of nitrogens with zero attached hydrogens (tertiary/aromatic N) is 3. The van der Waals surface area contributed by atoms with Crippen LogP contribution in [0.1, 0.15) is 36.2 Å². The van der Waals surface area contributed by atoms with Crippen molar-refractivity contribution in [2.75, 3.05) is 5.32 Å². The van der Waals surface area contributed by atoms with E-state index in [4.69, 9.17) is 0 Å². The fourth-order valence-electron chi connectivity index (χ4n) is 2.53. The summed E-state index contributed by atoms with van der Waals surface area (Å²) in [7, 11) is 0. The molecule has 21 heavy (non-hydrogen) atoms. The molecule has 2 N–H and O–H groups in total. The molecule has 1 fully saturated rings. The molecule has 108 valence electrons. The molecule has 0 aromatic carbocycles. The lowest BCUT2D eigenvalue weighted by Crippen LogP contribution is -2.17. The van der Waals surface area contributed by atoms with Crippen LogP contribution in [0.3, 0.4) is 0 Å². The number of rotatable bonds is 4. The molecule has 1 aliphatic carbocycles. The summed E-state index contributed by atoms with van der Waals surface area (Å²) in [5.41, 5.74) is 0.694. The predicted molar refractivity (Wildman–Crippen MR) is 78.1 cm³/mol. The van der Waals surface area contributed by atoms with Crippen molar-refractivity contribution in [1.82, 2.24) is 15.0 Å². The molecule has 1 aliphatic rings. The van der Waals surface area contributed by atoms with Gasteiger partial charge in [-0.15, -0.1) is 0 Å². The first-order chi connectivity index (χ1) is 10.2. The average molecular weight is 284 g/mol. The zero-order valence-corrected chi connectivity index (χ0v) is 11.5. The maximum atomic E-state index is 11.2. The van der Waals surface area contributed by atoms with Crippen LogP contribution in [0.15, 0.2) is 30.6 Å². The average Bonchev–Trinajstić information content (AvgIpc) is 3.01. The summed E-state index contributed by atoms with van der Waals surface area (Å²) in [6, 6.07) is 5.44. The number of anilines is 1. The highest BCUT2D eigenvalue weighted by atomic mass is 16.4. The van der Waals surface area contributed by atoms with Crippen LogP contribution in [-0.2, 0) is 0 Å². The molecule has 0 radical (unpaired) electrons. The quantitative estimate of drug-likeness (QED) is 0.897. The van der Waals surface area contributed by atoms with Gasteiger partial charge in [-0.25, -0.2) is 14.8 Å². The van der Waals surface area contributed by atoms with Crippen molar-refractivity contribution in [2.24, 2.45) is 0 Å². The Morgan fingerprint density at radius 2 is 2.10 bits per heavy atom. The first-order valence-corrected chi connectivity index (χ1v) is 7.02. The van der Waals surface area contributed by atoms with Gasteiger partial charge >= 0.3 is 5.97 Å². The molecular weight excluding hydrogens is 268 g/mol. The van der Waals surface area contributed by atoms with E-state index in [2.05, 4.69) is 20.3 Å². The highest BCUT2D eigenvalue weighted by Gasteiger charge is 2.17. The lowest BCUT2D eigenvalue weighted by molar-refractivity contribution is 0.0690. The van der Waals surface area contributed by atoms with Crippen molar-refractivity contribution in [1.29, 1.82) is 0 Å². The Hall–Kier alpha value is -2.50. The lowest BCUT2D eigenvalue weighted by atomic mass is 10.2. The fraction of sp³-hybridized carbons (Fsp3) is 0.333. The van der Waals surface area contributed by atoms with Crippen LogP contribution in [0.2, 0.25) is 0 Å². The molecule has 0 saturated heterocycles. The van der Waals surface area contributed by atoms with Crippen molar-refractivity contribution < 1.29 is 9.90 Å². The highest BCUT2D eigenvalue weighted by molar-refractivity contribution is 5.87. The number of hydrogen-bond donors (Lipinski definition) is 2. The topological polar surface area (TPSA) is 88.0 Å². The third kappa shape index (κ3) is 3.16. The van der Waals surface area contributed by atoms with Crippen molar-refractivity contribution in [3.8, 4) is 11.4 Å². The number of carboxylic acids is 1. The van der Waals surface area contributed by atoms with Crippen LogP contribution < -0.4 is 5.32 Å². The Morgan fingerprint density at radius 3 is 2.76 bits per heavy atom. The van der Waals surface area contributed by atoms with E-state index in [9.17, 15) is 9.90 Å². The second-order valence-corrected chi connectivity index (χ2v) is 5.13. The molecule has 0 spiro atoms. The number of carbonyl (C=O) groups is 1. The van der Waals surface area contributed by atoms with E-state index in [1.54, 1.807) is 18.5 Å². The Kier molecular flexibility index (Phi) is 3.77. The van der Waals surface area contributed by atoms with Gasteiger partial charge < -0.3 is 10.4 Å². The van der Waals surface area contributed by atoms with E-state index >= 15 is 0 Å². The van der Waals surface area contributed by atoms with Gasteiger partial charge in [0.25, 0.3) is 0 Å². The highest BCUT2D eigenvalue weighted by Crippen LogP contribution is 2.23. The number of nitrogens with one attached hydrogen (secondary N) is 1. The van der Waals surface area contributed by atoms with Gasteiger partial charge in [0.05, 0.1) is 0 Å². The Balaban J connectivity index is 1.95. The van der Waals surface area contributed by atoms with Gasteiger partial charge in [0.15, 0.2) is 11.5 Å². The van der Waals surface area contributed by atoms with Gasteiger partial charge in [0, 0.05) is 30.1 Å². The number of pyridine rings is 1. The number of hydrogen-bond acceptors (Lipinski definition) is 5. The predicted octanol–water partition coefficient (Wildman–Crippen LogP) is 2.59. The van der Waals surface area contributed by atoms with E-state index in [1.165, 1.54) is 18.9 Å². The second kappa shape index (κ2) is 5.87. The van der Waals surface area contributed by atoms with E-state index in [-0.39, 0.29) is 5.69 Å². The molecule has 0 atom stereocenters. The lowest BCUT2D eigenvalue weighted by Gasteiger charge is -2.13. The van der Waals surface area contributed by atoms with Gasteiger partial charge in [0.1, 0.15) is 5.82 Å². The molecule has 3 rings (SSSR count). The van der Waals surface area contributed by atoms with Crippen LogP contribution >= 0.6 is 0 Å². The van der Waals surface area contributed by atoms with Gasteiger partial charge in [-0.05, 0) is 25.0 Å². The minimum absolute atomic E-state index is 0.00986. The summed E-state index contributed by atoms with van der Waals surface area (Å²) in [6.45, 7) is 0. The third-order valence-electron chi connectivity index (χ3n) is 3.57. The molecule has 0 aliphatic heterocycles. The molecule has 2 aromatic rings. The fourth-order valence-corrected chi connectivity index (χ4v) is 2.53. The van der Waals surface area contributed by atoms with E-state index < -0.39 is 5.97 Å². The number of carboxylic acid groups (broad SMARTS) is 1. The summed E-state index contributed by atoms with van der Waals surface area (Å²) in [5.74, 6) is -0.117. The van der Waals surface area contributed by atoms with Crippen LogP contribution in [-0.4, -0.2) is 32.1 Å². The molecule has 2 heterocycles. The van der Waals surface area contributed by atoms with Crippen LogP contribution in [0.5, 0.6) is 0 Å². The number of aromatic carboxylic acids is 1. The molecule has 6 heteroatoms. The van der Waals surface area contributed by atoms with Crippen LogP contribution in [0.25, 0.3) is 11.4 Å². The Labute approximate surface area is 122 Å². The summed E-state index contributed by atoms with van der Waals surface area (Å²) in [4.78, 5) is 23.8. The molecule has 2 aromatic heterocycles. The summed E-state index contributed by atoms with van der Waals surface area (Å²) >= 11 is 0. The van der Waals surface area contributed by atoms with E-state index in [0.717, 1.165) is 12.8 Å². The van der Waals surface area contributed by atoms with Crippen LogP contribution in [0.4, 0.5) is 5.82 Å². The summed E-state index contributed by atoms with van der Waals surface area (Å²) < 4.78 is 0. The van der Waals surface area contributed by atoms with Crippen molar-refractivity contribution in [2.45, 2.75) is 31.7 Å². The molecule has 6 nitrogen and oxygen atoms in total. The molecule has 0 bridgehead atoms. The standard InChI is InChI=1S/C15H16N4O2/c20-15(21)12-8-13(17-11-5-1-2-6-11)19-14(18-12)10-4-3-7-16-9-10/h3-4,7-9,11H,1-2,5-6H2,(H,20,21)(H,17,18,19). The zero-order valence-electron chi connectivity index (χ0n) is 11.5. The van der Waals surface area contributed by atoms with Gasteiger partial charge in [-0.3, -0.25) is 4.98 Å². The third-order valence-corrected chi connectivity index (χ3v) is 3.57. The minimum Gasteiger partial charge on any atom is -0.477 e. The van der Waals surface area contributed by atoms with Crippen molar-refractivity contribution in [3.05, 3.63) is 36.3 Å². The number of aromatic nitrogens is 3. The first-order valence-electron chi connectivity index (χ1n) is 7.02. The van der Waals surface area contributed by atoms with Crippen molar-refractivity contribution in [3.63, 3.8) is 0 Å². The Bertz CT molecular complexity index is 639. The molecular formula is C15H16N4O2. The smallest absolute Gasteiger partial charge is 0.354 e. The maximum Gasteiger partial charge on any atom is 0.354 e. The Morgan fingerprint density at radius 1 is 1.29 bits per heavy atom. The van der Waals surface area contributed by atoms with Gasteiger partial charge in [-0.1, -0.05) is 12.8 Å². The zero-order chi connectivity index (χ0) is 14.7. The summed E-state index contributed by atoms with van der Waals surface area (Å²) in [6.07, 6.45) is 7.86. The van der Waals surface area contributed by atoms with Crippen molar-refractivity contribution >= 4 is 11.8 Å². The minimum atomic E-state index is -1.06. The monoisotopic (exact) mass is 284 g/mol. The van der Waals surface area contributed by atoms with E-state index in [1.807, 2.05) is 6.07 Å².